The molecule has 0 amide bonds. The van der Waals surface area contributed by atoms with Gasteiger partial charge in [-0.05, 0) is 42.7 Å². The number of nitrogens with one attached hydrogen (secondary N) is 1. The number of hydrogen-bond donors (Lipinski definition) is 2. The van der Waals surface area contributed by atoms with Gasteiger partial charge in [0.05, 0.1) is 0 Å². The molecular weight excluding hydrogens is 256 g/mol. The van der Waals surface area contributed by atoms with Crippen LogP contribution in [0.25, 0.3) is 0 Å². The summed E-state index contributed by atoms with van der Waals surface area (Å²) in [5.41, 5.74) is 7.52. The predicted octanol–water partition coefficient (Wildman–Crippen LogP) is 3.85. The van der Waals surface area contributed by atoms with Crippen LogP contribution in [-0.2, 0) is 6.42 Å². The lowest BCUT2D eigenvalue weighted by molar-refractivity contribution is 0.225. The molecule has 1 aromatic carbocycles. The van der Waals surface area contributed by atoms with Crippen molar-refractivity contribution in [2.45, 2.75) is 53.0 Å². The van der Waals surface area contributed by atoms with E-state index >= 15 is 0 Å². The molecule has 0 saturated heterocycles. The lowest BCUT2D eigenvalue weighted by Crippen LogP contribution is -2.54. The van der Waals surface area contributed by atoms with Crippen molar-refractivity contribution in [2.24, 2.45) is 23.5 Å². The first-order valence-electron chi connectivity index (χ1n) is 8.43. The number of rotatable bonds is 9. The SMILES string of the molecule is CCC(CN)(Cc1ccccc1)NCC(C(C)C)C(C)C. The zero-order valence-electron chi connectivity index (χ0n) is 14.5. The second kappa shape index (κ2) is 8.55. The normalized spacial score (nSPS) is 14.9. The van der Waals surface area contributed by atoms with E-state index in [4.69, 9.17) is 5.73 Å². The van der Waals surface area contributed by atoms with Crippen molar-refractivity contribution in [3.63, 3.8) is 0 Å². The Balaban J connectivity index is 2.76. The fourth-order valence-electron chi connectivity index (χ4n) is 3.16. The van der Waals surface area contributed by atoms with Crippen LogP contribution in [-0.4, -0.2) is 18.6 Å². The van der Waals surface area contributed by atoms with Gasteiger partial charge in [0, 0.05) is 12.1 Å². The Morgan fingerprint density at radius 1 is 1.05 bits per heavy atom. The molecule has 120 valence electrons. The molecule has 2 heteroatoms. The summed E-state index contributed by atoms with van der Waals surface area (Å²) in [4.78, 5) is 0. The van der Waals surface area contributed by atoms with Crippen LogP contribution in [0.2, 0.25) is 0 Å². The van der Waals surface area contributed by atoms with Gasteiger partial charge in [-0.2, -0.15) is 0 Å². The van der Waals surface area contributed by atoms with Crippen LogP contribution < -0.4 is 11.1 Å². The van der Waals surface area contributed by atoms with Crippen LogP contribution >= 0.6 is 0 Å². The van der Waals surface area contributed by atoms with Crippen molar-refractivity contribution in [3.05, 3.63) is 35.9 Å². The molecule has 0 saturated carbocycles. The van der Waals surface area contributed by atoms with Crippen LogP contribution in [0, 0.1) is 17.8 Å². The summed E-state index contributed by atoms with van der Waals surface area (Å²) in [5, 5.41) is 3.82. The molecule has 0 bridgehead atoms. The van der Waals surface area contributed by atoms with E-state index in [-0.39, 0.29) is 5.54 Å². The second-order valence-electron chi connectivity index (χ2n) is 7.03. The highest BCUT2D eigenvalue weighted by Gasteiger charge is 2.28. The van der Waals surface area contributed by atoms with Crippen molar-refractivity contribution < 1.29 is 0 Å². The topological polar surface area (TPSA) is 38.0 Å². The highest BCUT2D eigenvalue weighted by Crippen LogP contribution is 2.22. The highest BCUT2D eigenvalue weighted by molar-refractivity contribution is 5.18. The van der Waals surface area contributed by atoms with Crippen LogP contribution in [0.15, 0.2) is 30.3 Å². The maximum atomic E-state index is 6.14. The fourth-order valence-corrected chi connectivity index (χ4v) is 3.16. The van der Waals surface area contributed by atoms with Gasteiger partial charge in [-0.1, -0.05) is 65.0 Å². The molecule has 1 rings (SSSR count). The van der Waals surface area contributed by atoms with E-state index in [9.17, 15) is 0 Å². The van der Waals surface area contributed by atoms with Gasteiger partial charge in [-0.25, -0.2) is 0 Å². The van der Waals surface area contributed by atoms with Crippen molar-refractivity contribution in [3.8, 4) is 0 Å². The zero-order valence-corrected chi connectivity index (χ0v) is 14.5. The Bertz CT molecular complexity index is 372. The van der Waals surface area contributed by atoms with E-state index in [1.165, 1.54) is 5.56 Å². The van der Waals surface area contributed by atoms with Crippen molar-refractivity contribution >= 4 is 0 Å². The van der Waals surface area contributed by atoms with Gasteiger partial charge < -0.3 is 11.1 Å². The molecule has 0 heterocycles. The zero-order chi connectivity index (χ0) is 15.9. The maximum Gasteiger partial charge on any atom is 0.0342 e. The molecule has 0 aliphatic carbocycles. The molecule has 0 spiro atoms. The summed E-state index contributed by atoms with van der Waals surface area (Å²) < 4.78 is 0. The molecular formula is C19H34N2. The molecule has 2 nitrogen and oxygen atoms in total. The third-order valence-electron chi connectivity index (χ3n) is 4.88. The van der Waals surface area contributed by atoms with Gasteiger partial charge in [0.2, 0.25) is 0 Å². The van der Waals surface area contributed by atoms with Crippen molar-refractivity contribution in [2.75, 3.05) is 13.1 Å². The van der Waals surface area contributed by atoms with E-state index in [1.54, 1.807) is 0 Å². The molecule has 0 radical (unpaired) electrons. The van der Waals surface area contributed by atoms with Crippen LogP contribution in [0.1, 0.15) is 46.6 Å². The summed E-state index contributed by atoms with van der Waals surface area (Å²) in [6.45, 7) is 13.2. The van der Waals surface area contributed by atoms with E-state index in [1.807, 2.05) is 0 Å². The van der Waals surface area contributed by atoms with Crippen molar-refractivity contribution in [1.29, 1.82) is 0 Å². The summed E-state index contributed by atoms with van der Waals surface area (Å²) >= 11 is 0. The molecule has 0 aliphatic rings. The Kier molecular flexibility index (Phi) is 7.41. The van der Waals surface area contributed by atoms with Gasteiger partial charge in [0.1, 0.15) is 0 Å². The Morgan fingerprint density at radius 3 is 2.05 bits per heavy atom. The molecule has 0 fully saturated rings. The predicted molar refractivity (Wildman–Crippen MR) is 93.4 cm³/mol. The van der Waals surface area contributed by atoms with Gasteiger partial charge in [-0.3, -0.25) is 0 Å². The summed E-state index contributed by atoms with van der Waals surface area (Å²) in [5.74, 6) is 2.08. The third-order valence-corrected chi connectivity index (χ3v) is 4.88. The smallest absolute Gasteiger partial charge is 0.0342 e. The minimum Gasteiger partial charge on any atom is -0.329 e. The first-order valence-corrected chi connectivity index (χ1v) is 8.43. The molecule has 1 aromatic rings. The first-order chi connectivity index (χ1) is 9.94. The average molecular weight is 290 g/mol. The second-order valence-corrected chi connectivity index (χ2v) is 7.03. The summed E-state index contributed by atoms with van der Waals surface area (Å²) in [7, 11) is 0. The van der Waals surface area contributed by atoms with E-state index in [2.05, 4.69) is 70.3 Å². The molecule has 21 heavy (non-hydrogen) atoms. The Morgan fingerprint density at radius 2 is 1.62 bits per heavy atom. The third kappa shape index (κ3) is 5.44. The van der Waals surface area contributed by atoms with Crippen molar-refractivity contribution in [1.82, 2.24) is 5.32 Å². The lowest BCUT2D eigenvalue weighted by atomic mass is 9.83. The summed E-state index contributed by atoms with van der Waals surface area (Å²) in [6, 6.07) is 10.7. The molecule has 1 unspecified atom stereocenters. The van der Waals surface area contributed by atoms with E-state index in [0.717, 1.165) is 19.4 Å². The maximum absolute atomic E-state index is 6.14. The summed E-state index contributed by atoms with van der Waals surface area (Å²) in [6.07, 6.45) is 2.06. The molecule has 0 aliphatic heterocycles. The van der Waals surface area contributed by atoms with Gasteiger partial charge in [0.25, 0.3) is 0 Å². The van der Waals surface area contributed by atoms with E-state index in [0.29, 0.717) is 24.3 Å². The standard InChI is InChI=1S/C19H34N2/c1-6-19(14-20,12-17-10-8-7-9-11-17)21-13-18(15(2)3)16(4)5/h7-11,15-16,18,21H,6,12-14,20H2,1-5H3. The van der Waals surface area contributed by atoms with Gasteiger partial charge in [0.15, 0.2) is 0 Å². The van der Waals surface area contributed by atoms with Crippen LogP contribution in [0.5, 0.6) is 0 Å². The Hall–Kier alpha value is -0.860. The van der Waals surface area contributed by atoms with Gasteiger partial charge in [-0.15, -0.1) is 0 Å². The monoisotopic (exact) mass is 290 g/mol. The van der Waals surface area contributed by atoms with Gasteiger partial charge >= 0.3 is 0 Å². The average Bonchev–Trinajstić information content (AvgIpc) is 2.46. The first kappa shape index (κ1) is 18.2. The fraction of sp³-hybridized carbons (Fsp3) is 0.684. The minimum atomic E-state index is 0.0172. The van der Waals surface area contributed by atoms with E-state index < -0.39 is 0 Å². The molecule has 0 aromatic heterocycles. The molecule has 1 atom stereocenters. The number of nitrogens with two attached hydrogens (primary N) is 1. The highest BCUT2D eigenvalue weighted by atomic mass is 15.0. The van der Waals surface area contributed by atoms with Crippen LogP contribution in [0.3, 0.4) is 0 Å². The van der Waals surface area contributed by atoms with Crippen LogP contribution in [0.4, 0.5) is 0 Å². The molecule has 3 N–H and O–H groups in total. The number of benzene rings is 1. The number of hydrogen-bond acceptors (Lipinski definition) is 2. The Labute approximate surface area is 131 Å². The largest absolute Gasteiger partial charge is 0.329 e. The minimum absolute atomic E-state index is 0.0172. The quantitative estimate of drug-likeness (QED) is 0.725. The lowest BCUT2D eigenvalue weighted by Gasteiger charge is -2.36.